The number of benzene rings is 1. The monoisotopic (exact) mass is 282 g/mol. The molecule has 0 saturated carbocycles. The van der Waals surface area contributed by atoms with Gasteiger partial charge in [0.25, 0.3) is 0 Å². The molecule has 0 aromatic heterocycles. The summed E-state index contributed by atoms with van der Waals surface area (Å²) in [5.41, 5.74) is 0.868. The molecule has 1 aliphatic heterocycles. The zero-order valence-electron chi connectivity index (χ0n) is 11.9. The van der Waals surface area contributed by atoms with Gasteiger partial charge in [0.05, 0.1) is 6.07 Å². The Labute approximate surface area is 124 Å². The second-order valence-corrected chi connectivity index (χ2v) is 5.09. The van der Waals surface area contributed by atoms with E-state index in [4.69, 9.17) is 5.26 Å². The van der Waals surface area contributed by atoms with Gasteiger partial charge < -0.3 is 4.90 Å². The summed E-state index contributed by atoms with van der Waals surface area (Å²) in [6, 6.07) is 11.2. The Kier molecular flexibility index (Phi) is 5.28. The molecule has 4 nitrogen and oxygen atoms in total. The highest BCUT2D eigenvalue weighted by molar-refractivity contribution is 6.10. The van der Waals surface area contributed by atoms with Crippen LogP contribution in [0.3, 0.4) is 0 Å². The Balaban J connectivity index is 2.03. The van der Waals surface area contributed by atoms with Gasteiger partial charge in [0.1, 0.15) is 0 Å². The van der Waals surface area contributed by atoms with Crippen LogP contribution in [0.25, 0.3) is 6.08 Å². The number of hydrogen-bond donors (Lipinski definition) is 0. The highest BCUT2D eigenvalue weighted by atomic mass is 16.2. The molecule has 1 aromatic rings. The lowest BCUT2D eigenvalue weighted by molar-refractivity contribution is -0.138. The van der Waals surface area contributed by atoms with Crippen molar-refractivity contribution < 1.29 is 9.59 Å². The zero-order chi connectivity index (χ0) is 15.1. The molecule has 1 aliphatic rings. The maximum atomic E-state index is 12.2. The van der Waals surface area contributed by atoms with Gasteiger partial charge in [-0.25, -0.2) is 0 Å². The Hall–Kier alpha value is -2.41. The van der Waals surface area contributed by atoms with Crippen LogP contribution in [0, 0.1) is 17.2 Å². The van der Waals surface area contributed by atoms with Crippen LogP contribution < -0.4 is 0 Å². The molecule has 0 aliphatic carbocycles. The van der Waals surface area contributed by atoms with E-state index in [1.54, 1.807) is 11.0 Å². The minimum Gasteiger partial charge on any atom is -0.341 e. The van der Waals surface area contributed by atoms with E-state index in [0.717, 1.165) is 24.8 Å². The maximum absolute atomic E-state index is 12.2. The molecule has 4 heteroatoms. The van der Waals surface area contributed by atoms with Crippen LogP contribution in [-0.2, 0) is 9.59 Å². The summed E-state index contributed by atoms with van der Waals surface area (Å²) < 4.78 is 0. The molecule has 0 unspecified atom stereocenters. The van der Waals surface area contributed by atoms with E-state index in [2.05, 4.69) is 0 Å². The molecule has 1 amide bonds. The van der Waals surface area contributed by atoms with Crippen LogP contribution >= 0.6 is 0 Å². The molecular formula is C17H18N2O2. The van der Waals surface area contributed by atoms with E-state index >= 15 is 0 Å². The molecule has 2 rings (SSSR count). The third-order valence-electron chi connectivity index (χ3n) is 3.57. The van der Waals surface area contributed by atoms with Gasteiger partial charge in [0.15, 0.2) is 11.7 Å². The van der Waals surface area contributed by atoms with Gasteiger partial charge in [-0.15, -0.1) is 0 Å². The molecule has 0 radical (unpaired) electrons. The average Bonchev–Trinajstić information content (AvgIpc) is 2.55. The number of likely N-dealkylation sites (tertiary alicyclic amines) is 1. The number of carbonyl (C=O) groups is 2. The van der Waals surface area contributed by atoms with Gasteiger partial charge in [0, 0.05) is 13.1 Å². The molecule has 1 fully saturated rings. The van der Waals surface area contributed by atoms with Gasteiger partial charge in [-0.05, 0) is 30.9 Å². The van der Waals surface area contributed by atoms with Gasteiger partial charge >= 0.3 is 0 Å². The van der Waals surface area contributed by atoms with Crippen molar-refractivity contribution in [2.24, 2.45) is 5.92 Å². The number of nitriles is 1. The molecule has 1 aromatic carbocycles. The topological polar surface area (TPSA) is 61.2 Å². The SMILES string of the molecule is N#C[C@H](C(=O)/C=C\c1ccccc1)C(=O)N1CCCCC1. The summed E-state index contributed by atoms with van der Waals surface area (Å²) in [6.07, 6.45) is 5.94. The van der Waals surface area contributed by atoms with Crippen molar-refractivity contribution >= 4 is 17.8 Å². The fourth-order valence-corrected chi connectivity index (χ4v) is 2.38. The van der Waals surface area contributed by atoms with Gasteiger partial charge in [0.2, 0.25) is 5.91 Å². The number of hydrogen-bond acceptors (Lipinski definition) is 3. The predicted octanol–water partition coefficient (Wildman–Crippen LogP) is 2.42. The second kappa shape index (κ2) is 7.39. The first-order chi connectivity index (χ1) is 10.2. The fourth-order valence-electron chi connectivity index (χ4n) is 2.38. The van der Waals surface area contributed by atoms with Crippen molar-refractivity contribution in [1.29, 1.82) is 5.26 Å². The summed E-state index contributed by atoms with van der Waals surface area (Å²) in [4.78, 5) is 25.9. The molecule has 0 spiro atoms. The van der Waals surface area contributed by atoms with E-state index < -0.39 is 11.7 Å². The molecular weight excluding hydrogens is 264 g/mol. The van der Waals surface area contributed by atoms with Gasteiger partial charge in [-0.3, -0.25) is 9.59 Å². The van der Waals surface area contributed by atoms with Gasteiger partial charge in [-0.2, -0.15) is 5.26 Å². The highest BCUT2D eigenvalue weighted by Gasteiger charge is 2.29. The lowest BCUT2D eigenvalue weighted by Gasteiger charge is -2.27. The normalized spacial score (nSPS) is 16.4. The number of nitrogens with zero attached hydrogens (tertiary/aromatic N) is 2. The van der Waals surface area contributed by atoms with Crippen LogP contribution in [0.2, 0.25) is 0 Å². The van der Waals surface area contributed by atoms with E-state index in [9.17, 15) is 9.59 Å². The number of allylic oxidation sites excluding steroid dienone is 1. The Morgan fingerprint density at radius 1 is 1.14 bits per heavy atom. The van der Waals surface area contributed by atoms with Crippen molar-refractivity contribution in [3.8, 4) is 6.07 Å². The summed E-state index contributed by atoms with van der Waals surface area (Å²) in [5.74, 6) is -2.03. The summed E-state index contributed by atoms with van der Waals surface area (Å²) in [5, 5.41) is 9.14. The van der Waals surface area contributed by atoms with Crippen molar-refractivity contribution in [3.63, 3.8) is 0 Å². The fraction of sp³-hybridized carbons (Fsp3) is 0.353. The zero-order valence-corrected chi connectivity index (χ0v) is 11.9. The Morgan fingerprint density at radius 2 is 1.81 bits per heavy atom. The van der Waals surface area contributed by atoms with E-state index in [1.807, 2.05) is 36.4 Å². The van der Waals surface area contributed by atoms with E-state index in [0.29, 0.717) is 13.1 Å². The molecule has 1 atom stereocenters. The summed E-state index contributed by atoms with van der Waals surface area (Å²) in [7, 11) is 0. The highest BCUT2D eigenvalue weighted by Crippen LogP contribution is 2.14. The van der Waals surface area contributed by atoms with Crippen LogP contribution in [0.15, 0.2) is 36.4 Å². The Bertz CT molecular complexity index is 566. The molecule has 1 heterocycles. The Morgan fingerprint density at radius 3 is 2.43 bits per heavy atom. The molecule has 21 heavy (non-hydrogen) atoms. The average molecular weight is 282 g/mol. The molecule has 108 valence electrons. The third-order valence-corrected chi connectivity index (χ3v) is 3.57. The van der Waals surface area contributed by atoms with Crippen molar-refractivity contribution in [2.75, 3.05) is 13.1 Å². The predicted molar refractivity (Wildman–Crippen MR) is 80.0 cm³/mol. The smallest absolute Gasteiger partial charge is 0.247 e. The number of ketones is 1. The quantitative estimate of drug-likeness (QED) is 0.629. The van der Waals surface area contributed by atoms with E-state index in [1.165, 1.54) is 6.08 Å². The van der Waals surface area contributed by atoms with Crippen LogP contribution in [0.1, 0.15) is 24.8 Å². The molecule has 0 N–H and O–H groups in total. The lowest BCUT2D eigenvalue weighted by Crippen LogP contribution is -2.41. The van der Waals surface area contributed by atoms with Crippen LogP contribution in [0.5, 0.6) is 0 Å². The van der Waals surface area contributed by atoms with Crippen molar-refractivity contribution in [2.45, 2.75) is 19.3 Å². The first kappa shape index (κ1) is 15.0. The maximum Gasteiger partial charge on any atom is 0.247 e. The molecule has 0 bridgehead atoms. The third kappa shape index (κ3) is 4.03. The van der Waals surface area contributed by atoms with Crippen molar-refractivity contribution in [3.05, 3.63) is 42.0 Å². The lowest BCUT2D eigenvalue weighted by atomic mass is 10.0. The van der Waals surface area contributed by atoms with Crippen LogP contribution in [-0.4, -0.2) is 29.7 Å². The van der Waals surface area contributed by atoms with Crippen LogP contribution in [0.4, 0.5) is 0 Å². The first-order valence-electron chi connectivity index (χ1n) is 7.18. The number of amides is 1. The largest absolute Gasteiger partial charge is 0.341 e. The first-order valence-corrected chi connectivity index (χ1v) is 7.18. The summed E-state index contributed by atoms with van der Waals surface area (Å²) >= 11 is 0. The van der Waals surface area contributed by atoms with E-state index in [-0.39, 0.29) is 5.91 Å². The van der Waals surface area contributed by atoms with Gasteiger partial charge in [-0.1, -0.05) is 36.4 Å². The molecule has 1 saturated heterocycles. The minimum absolute atomic E-state index is 0.361. The second-order valence-electron chi connectivity index (χ2n) is 5.09. The minimum atomic E-state index is -1.22. The number of rotatable bonds is 4. The summed E-state index contributed by atoms with van der Waals surface area (Å²) in [6.45, 7) is 1.29. The van der Waals surface area contributed by atoms with Crippen molar-refractivity contribution in [1.82, 2.24) is 4.90 Å². The standard InChI is InChI=1S/C17H18N2O2/c18-13-15(17(21)19-11-5-2-6-12-19)16(20)10-9-14-7-3-1-4-8-14/h1,3-4,7-10,15H,2,5-6,11-12H2/b10-9-/t15-/m1/s1. The number of piperidine rings is 1. The number of carbonyl (C=O) groups excluding carboxylic acids is 2.